The van der Waals surface area contributed by atoms with Crippen LogP contribution < -0.4 is 16.2 Å². The maximum atomic E-state index is 12.9. The first-order chi connectivity index (χ1) is 15.1. The minimum atomic E-state index is -0.161. The minimum Gasteiger partial charge on any atom is -0.380 e. The number of hydrogen-bond donors (Lipinski definition) is 4. The van der Waals surface area contributed by atoms with E-state index >= 15 is 0 Å². The number of pyridine rings is 1. The fourth-order valence-electron chi connectivity index (χ4n) is 4.53. The van der Waals surface area contributed by atoms with Gasteiger partial charge in [0, 0.05) is 36.4 Å². The van der Waals surface area contributed by atoms with Gasteiger partial charge in [0.25, 0.3) is 5.56 Å². The van der Waals surface area contributed by atoms with Crippen LogP contribution in [0.25, 0.3) is 28.1 Å². The summed E-state index contributed by atoms with van der Waals surface area (Å²) in [6.45, 7) is 5.25. The molecule has 4 heterocycles. The van der Waals surface area contributed by atoms with Crippen molar-refractivity contribution in [2.45, 2.75) is 45.2 Å². The summed E-state index contributed by atoms with van der Waals surface area (Å²) < 4.78 is 1.95. The Morgan fingerprint density at radius 3 is 3.00 bits per heavy atom. The average Bonchev–Trinajstić information content (AvgIpc) is 3.53. The third kappa shape index (κ3) is 3.63. The van der Waals surface area contributed by atoms with Crippen LogP contribution in [0.5, 0.6) is 0 Å². The topological polar surface area (TPSA) is 103 Å². The van der Waals surface area contributed by atoms with Crippen LogP contribution in [0.3, 0.4) is 0 Å². The van der Waals surface area contributed by atoms with Gasteiger partial charge in [0.2, 0.25) is 0 Å². The van der Waals surface area contributed by atoms with Crippen molar-refractivity contribution in [2.24, 2.45) is 0 Å². The maximum Gasteiger partial charge on any atom is 0.261 e. The number of aromatic amines is 2. The number of hydrogen-bond acceptors (Lipinski definition) is 5. The second kappa shape index (κ2) is 8.03. The van der Waals surface area contributed by atoms with Crippen LogP contribution in [0.15, 0.2) is 47.9 Å². The van der Waals surface area contributed by atoms with Gasteiger partial charge in [-0.2, -0.15) is 0 Å². The van der Waals surface area contributed by atoms with E-state index in [1.807, 2.05) is 29.8 Å². The van der Waals surface area contributed by atoms with Crippen LogP contribution >= 0.6 is 0 Å². The Labute approximate surface area is 180 Å². The number of imidazole rings is 2. The molecular weight excluding hydrogens is 390 g/mol. The lowest BCUT2D eigenvalue weighted by Crippen LogP contribution is -2.40. The van der Waals surface area contributed by atoms with Gasteiger partial charge >= 0.3 is 0 Å². The Bertz CT molecular complexity index is 1250. The summed E-state index contributed by atoms with van der Waals surface area (Å²) in [4.78, 5) is 28.0. The van der Waals surface area contributed by atoms with Crippen LogP contribution in [0.1, 0.15) is 31.7 Å². The quantitative estimate of drug-likeness (QED) is 0.385. The van der Waals surface area contributed by atoms with Crippen LogP contribution in [-0.2, 0) is 0 Å². The van der Waals surface area contributed by atoms with Gasteiger partial charge in [0.1, 0.15) is 11.4 Å². The fraction of sp³-hybridized carbons (Fsp3) is 0.348. The van der Waals surface area contributed by atoms with Crippen LogP contribution in [0.2, 0.25) is 0 Å². The van der Waals surface area contributed by atoms with Crippen molar-refractivity contribution in [1.82, 2.24) is 29.8 Å². The molecule has 8 nitrogen and oxygen atoms in total. The first-order valence-electron chi connectivity index (χ1n) is 10.8. The van der Waals surface area contributed by atoms with Gasteiger partial charge in [-0.05, 0) is 56.5 Å². The molecule has 5 rings (SSSR count). The molecule has 4 N–H and O–H groups in total. The van der Waals surface area contributed by atoms with E-state index in [1.165, 1.54) is 6.42 Å². The van der Waals surface area contributed by atoms with Gasteiger partial charge in [0.05, 0.1) is 23.0 Å². The Balaban J connectivity index is 1.57. The number of nitrogens with one attached hydrogen (secondary N) is 4. The van der Waals surface area contributed by atoms with E-state index in [-0.39, 0.29) is 11.6 Å². The molecule has 1 aromatic carbocycles. The van der Waals surface area contributed by atoms with Crippen molar-refractivity contribution in [3.05, 3.63) is 59.0 Å². The molecule has 0 amide bonds. The Hall–Kier alpha value is -3.39. The maximum absolute atomic E-state index is 12.9. The number of H-pyrrole nitrogens is 2. The van der Waals surface area contributed by atoms with Crippen molar-refractivity contribution < 1.29 is 0 Å². The molecule has 2 atom stereocenters. The minimum absolute atomic E-state index is 0.161. The third-order valence-corrected chi connectivity index (χ3v) is 6.13. The SMILES string of the molecule is CCC(Nc1cc[nH]c(=O)c1-c1nc2c(C)cc(-n3ccnc3)cc2[nH]1)C1CCCN1. The molecule has 3 aromatic heterocycles. The Morgan fingerprint density at radius 2 is 2.26 bits per heavy atom. The summed E-state index contributed by atoms with van der Waals surface area (Å²) in [6.07, 6.45) is 10.4. The summed E-state index contributed by atoms with van der Waals surface area (Å²) >= 11 is 0. The molecule has 1 saturated heterocycles. The molecule has 1 fully saturated rings. The molecule has 0 saturated carbocycles. The molecule has 2 unspecified atom stereocenters. The first kappa shape index (κ1) is 19.6. The van der Waals surface area contributed by atoms with Gasteiger partial charge in [-0.1, -0.05) is 6.92 Å². The van der Waals surface area contributed by atoms with Crippen LogP contribution in [0.4, 0.5) is 5.69 Å². The number of fused-ring (bicyclic) bond motifs is 1. The molecule has 0 radical (unpaired) electrons. The molecule has 4 aromatic rings. The fourth-order valence-corrected chi connectivity index (χ4v) is 4.53. The summed E-state index contributed by atoms with van der Waals surface area (Å²) in [7, 11) is 0. The molecule has 1 aliphatic heterocycles. The second-order valence-electron chi connectivity index (χ2n) is 8.17. The zero-order valence-corrected chi connectivity index (χ0v) is 17.8. The standard InChI is InChI=1S/C23H27N7O/c1-3-16(17-5-4-7-25-17)27-18-6-8-26-23(31)20(18)22-28-19-12-15(30-10-9-24-13-30)11-14(2)21(19)29-22/h6,8-13,16-17,25H,3-5,7H2,1-2H3,(H,28,29)(H2,26,27,31). The molecular formula is C23H27N7O. The summed E-state index contributed by atoms with van der Waals surface area (Å²) in [5.41, 5.74) is 4.96. The molecule has 160 valence electrons. The number of rotatable bonds is 6. The van der Waals surface area contributed by atoms with Gasteiger partial charge in [-0.3, -0.25) is 4.79 Å². The van der Waals surface area contributed by atoms with Crippen molar-refractivity contribution >= 4 is 16.7 Å². The van der Waals surface area contributed by atoms with E-state index in [0.29, 0.717) is 17.4 Å². The highest BCUT2D eigenvalue weighted by atomic mass is 16.1. The van der Waals surface area contributed by atoms with E-state index < -0.39 is 0 Å². The van der Waals surface area contributed by atoms with Crippen molar-refractivity contribution in [3.63, 3.8) is 0 Å². The zero-order chi connectivity index (χ0) is 21.4. The predicted octanol–water partition coefficient (Wildman–Crippen LogP) is 3.35. The van der Waals surface area contributed by atoms with E-state index in [0.717, 1.165) is 47.4 Å². The molecule has 0 bridgehead atoms. The van der Waals surface area contributed by atoms with Crippen molar-refractivity contribution in [2.75, 3.05) is 11.9 Å². The normalized spacial score (nSPS) is 17.3. The van der Waals surface area contributed by atoms with Gasteiger partial charge in [-0.25, -0.2) is 9.97 Å². The van der Waals surface area contributed by atoms with Gasteiger partial charge in [0.15, 0.2) is 0 Å². The van der Waals surface area contributed by atoms with E-state index in [4.69, 9.17) is 4.98 Å². The molecule has 1 aliphatic rings. The molecule has 0 aliphatic carbocycles. The largest absolute Gasteiger partial charge is 0.380 e. The average molecular weight is 418 g/mol. The lowest BCUT2D eigenvalue weighted by Gasteiger charge is -2.25. The second-order valence-corrected chi connectivity index (χ2v) is 8.17. The van der Waals surface area contributed by atoms with Crippen LogP contribution in [0, 0.1) is 6.92 Å². The summed E-state index contributed by atoms with van der Waals surface area (Å²) in [5, 5.41) is 7.19. The van der Waals surface area contributed by atoms with E-state index in [2.05, 4.69) is 38.6 Å². The van der Waals surface area contributed by atoms with Gasteiger partial charge < -0.3 is 25.2 Å². The van der Waals surface area contributed by atoms with Gasteiger partial charge in [-0.15, -0.1) is 0 Å². The Kier molecular flexibility index (Phi) is 5.07. The monoisotopic (exact) mass is 417 g/mol. The molecule has 31 heavy (non-hydrogen) atoms. The highest BCUT2D eigenvalue weighted by molar-refractivity contribution is 5.86. The predicted molar refractivity (Wildman–Crippen MR) is 123 cm³/mol. The van der Waals surface area contributed by atoms with Crippen molar-refractivity contribution in [1.29, 1.82) is 0 Å². The van der Waals surface area contributed by atoms with E-state index in [9.17, 15) is 4.79 Å². The molecule has 8 heteroatoms. The first-order valence-corrected chi connectivity index (χ1v) is 10.8. The van der Waals surface area contributed by atoms with E-state index in [1.54, 1.807) is 18.7 Å². The number of nitrogens with zero attached hydrogens (tertiary/aromatic N) is 3. The van der Waals surface area contributed by atoms with Crippen LogP contribution in [-0.4, -0.2) is 43.1 Å². The highest BCUT2D eigenvalue weighted by Crippen LogP contribution is 2.28. The summed E-state index contributed by atoms with van der Waals surface area (Å²) in [6, 6.07) is 6.68. The third-order valence-electron chi connectivity index (χ3n) is 6.13. The molecule has 0 spiro atoms. The number of aryl methyl sites for hydroxylation is 1. The van der Waals surface area contributed by atoms with Crippen molar-refractivity contribution in [3.8, 4) is 17.1 Å². The number of aromatic nitrogens is 5. The zero-order valence-electron chi connectivity index (χ0n) is 17.8. The number of anilines is 1. The highest BCUT2D eigenvalue weighted by Gasteiger charge is 2.25. The summed E-state index contributed by atoms with van der Waals surface area (Å²) in [5.74, 6) is 0.569. The lowest BCUT2D eigenvalue weighted by molar-refractivity contribution is 0.499. The number of benzene rings is 1. The smallest absolute Gasteiger partial charge is 0.261 e. The Morgan fingerprint density at radius 1 is 1.35 bits per heavy atom. The lowest BCUT2D eigenvalue weighted by atomic mass is 10.0.